The van der Waals surface area contributed by atoms with Crippen LogP contribution in [-0.4, -0.2) is 30.6 Å². The highest BCUT2D eigenvalue weighted by molar-refractivity contribution is 5.85. The lowest BCUT2D eigenvalue weighted by Crippen LogP contribution is -2.39. The number of carbonyl (C=O) groups is 1. The molecule has 39 heavy (non-hydrogen) atoms. The fraction of sp³-hybridized carbons (Fsp3) is 0.367. The third-order valence-corrected chi connectivity index (χ3v) is 8.52. The molecule has 0 saturated heterocycles. The van der Waals surface area contributed by atoms with Gasteiger partial charge in [-0.25, -0.2) is 18.7 Å². The number of alkyl halides is 2. The van der Waals surface area contributed by atoms with Crippen LogP contribution in [0.5, 0.6) is 0 Å². The summed E-state index contributed by atoms with van der Waals surface area (Å²) >= 11 is 0. The summed E-state index contributed by atoms with van der Waals surface area (Å²) in [7, 11) is 0. The number of benzene rings is 2. The fourth-order valence-electron chi connectivity index (χ4n) is 5.58. The van der Waals surface area contributed by atoms with Gasteiger partial charge in [-0.1, -0.05) is 49.4 Å². The van der Waals surface area contributed by atoms with Gasteiger partial charge in [0, 0.05) is 28.9 Å². The zero-order valence-corrected chi connectivity index (χ0v) is 22.2. The molecule has 1 saturated carbocycles. The second-order valence-electron chi connectivity index (χ2n) is 11.3. The molecule has 1 unspecified atom stereocenters. The van der Waals surface area contributed by atoms with E-state index in [1.807, 2.05) is 22.7 Å². The van der Waals surface area contributed by atoms with E-state index >= 15 is 0 Å². The molecule has 1 aliphatic carbocycles. The van der Waals surface area contributed by atoms with E-state index in [-0.39, 0.29) is 11.0 Å². The van der Waals surface area contributed by atoms with Gasteiger partial charge in [-0.05, 0) is 56.7 Å². The van der Waals surface area contributed by atoms with E-state index in [9.17, 15) is 23.8 Å². The molecule has 1 atom stereocenters. The Hall–Kier alpha value is -3.85. The average Bonchev–Trinajstić information content (AvgIpc) is 3.32. The molecule has 4 N–H and O–H groups in total. The molecule has 7 nitrogen and oxygen atoms in total. The number of nitrogens with zero attached hydrogens (tertiary/aromatic N) is 3. The fourth-order valence-corrected chi connectivity index (χ4v) is 5.58. The minimum absolute atomic E-state index is 0.149. The minimum Gasteiger partial charge on any atom is -0.481 e. The highest BCUT2D eigenvalue weighted by Crippen LogP contribution is 2.47. The number of fused-ring (bicyclic) bond motifs is 1. The maximum Gasteiger partial charge on any atom is 0.309 e. The molecule has 0 radical (unpaired) electrons. The Morgan fingerprint density at radius 3 is 2.36 bits per heavy atom. The van der Waals surface area contributed by atoms with Crippen LogP contribution in [-0.2, 0) is 15.8 Å². The first-order chi connectivity index (χ1) is 18.4. The van der Waals surface area contributed by atoms with Gasteiger partial charge in [0.05, 0.1) is 5.41 Å². The van der Waals surface area contributed by atoms with E-state index < -0.39 is 23.4 Å². The van der Waals surface area contributed by atoms with E-state index in [1.165, 1.54) is 18.2 Å². The number of aliphatic carboxylic acids is 1. The van der Waals surface area contributed by atoms with Crippen molar-refractivity contribution in [2.45, 2.75) is 63.9 Å². The van der Waals surface area contributed by atoms with E-state index in [4.69, 9.17) is 10.7 Å². The molecule has 1 aliphatic rings. The number of anilines is 1. The normalized spacial score (nSPS) is 23.2. The van der Waals surface area contributed by atoms with Crippen molar-refractivity contribution in [2.24, 2.45) is 5.41 Å². The van der Waals surface area contributed by atoms with E-state index in [0.717, 1.165) is 11.4 Å². The predicted octanol–water partition coefficient (Wildman–Crippen LogP) is 6.09. The summed E-state index contributed by atoms with van der Waals surface area (Å²) in [6.07, 6.45) is 3.23. The van der Waals surface area contributed by atoms with Crippen molar-refractivity contribution < 1.29 is 23.8 Å². The van der Waals surface area contributed by atoms with E-state index in [1.54, 1.807) is 38.2 Å². The quantitative estimate of drug-likeness (QED) is 0.276. The van der Waals surface area contributed by atoms with Crippen molar-refractivity contribution in [1.29, 1.82) is 0 Å². The Bertz CT molecular complexity index is 1540. The second kappa shape index (κ2) is 9.41. The number of hydrogen-bond acceptors (Lipinski definition) is 5. The molecule has 2 aromatic carbocycles. The summed E-state index contributed by atoms with van der Waals surface area (Å²) in [5.74, 6) is 0.346. The molecule has 2 aromatic heterocycles. The third kappa shape index (κ3) is 4.54. The molecule has 1 fully saturated rings. The molecule has 5 rings (SSSR count). The van der Waals surface area contributed by atoms with Gasteiger partial charge in [0.2, 0.25) is 0 Å². The Labute approximate surface area is 225 Å². The number of carboxylic acids is 1. The van der Waals surface area contributed by atoms with Crippen LogP contribution in [0.3, 0.4) is 0 Å². The van der Waals surface area contributed by atoms with Gasteiger partial charge in [0.15, 0.2) is 0 Å². The summed E-state index contributed by atoms with van der Waals surface area (Å²) in [4.78, 5) is 21.1. The van der Waals surface area contributed by atoms with Gasteiger partial charge in [-0.2, -0.15) is 0 Å². The molecule has 9 heteroatoms. The molecule has 204 valence electrons. The van der Waals surface area contributed by atoms with Crippen LogP contribution < -0.4 is 5.73 Å². The first-order valence-corrected chi connectivity index (χ1v) is 12.9. The lowest BCUT2D eigenvalue weighted by molar-refractivity contribution is -0.150. The zero-order valence-electron chi connectivity index (χ0n) is 22.2. The number of halogens is 2. The molecule has 0 aliphatic heterocycles. The van der Waals surface area contributed by atoms with Gasteiger partial charge in [0.25, 0.3) is 6.43 Å². The summed E-state index contributed by atoms with van der Waals surface area (Å²) in [6.45, 7) is 5.48. The lowest BCUT2D eigenvalue weighted by Gasteiger charge is -2.40. The van der Waals surface area contributed by atoms with E-state index in [0.29, 0.717) is 53.8 Å². The number of nitrogen functional groups attached to an aromatic ring is 1. The molecule has 0 spiro atoms. The molecular formula is C30H32F2N4O3. The number of hydrogen-bond donors (Lipinski definition) is 3. The van der Waals surface area contributed by atoms with Crippen molar-refractivity contribution in [2.75, 3.05) is 5.73 Å². The molecule has 4 aromatic rings. The van der Waals surface area contributed by atoms with Gasteiger partial charge in [-0.15, -0.1) is 0 Å². The maximum absolute atomic E-state index is 13.2. The largest absolute Gasteiger partial charge is 0.481 e. The van der Waals surface area contributed by atoms with Crippen LogP contribution in [0.2, 0.25) is 0 Å². The number of rotatable bonds is 6. The van der Waals surface area contributed by atoms with Gasteiger partial charge in [0.1, 0.15) is 28.5 Å². The van der Waals surface area contributed by atoms with E-state index in [2.05, 4.69) is 11.9 Å². The van der Waals surface area contributed by atoms with Gasteiger partial charge < -0.3 is 15.9 Å². The van der Waals surface area contributed by atoms with Crippen LogP contribution in [0.15, 0.2) is 60.9 Å². The predicted molar refractivity (Wildman–Crippen MR) is 144 cm³/mol. The molecule has 2 heterocycles. The van der Waals surface area contributed by atoms with Crippen molar-refractivity contribution >= 4 is 17.3 Å². The topological polar surface area (TPSA) is 114 Å². The second-order valence-corrected chi connectivity index (χ2v) is 11.3. The Morgan fingerprint density at radius 1 is 1.08 bits per heavy atom. The Balaban J connectivity index is 1.53. The molecule has 0 amide bonds. The van der Waals surface area contributed by atoms with Crippen molar-refractivity contribution in [1.82, 2.24) is 14.4 Å². The summed E-state index contributed by atoms with van der Waals surface area (Å²) < 4.78 is 28.4. The lowest BCUT2D eigenvalue weighted by atomic mass is 9.65. The molecular weight excluding hydrogens is 502 g/mol. The number of imidazole rings is 1. The van der Waals surface area contributed by atoms with Crippen LogP contribution in [0.25, 0.3) is 16.8 Å². The molecule has 0 bridgehead atoms. The Kier molecular flexibility index (Phi) is 6.45. The van der Waals surface area contributed by atoms with Gasteiger partial charge >= 0.3 is 5.97 Å². The number of nitrogens with two attached hydrogens (primary N) is 1. The standard InChI is InChI=1S/C30H32F2N4O3/c1-28(11-13-29(2,14-12-28)27(37)38)26-35-22(23-25(33)34-15-16-36(23)26)18-7-9-20(10-8-18)30(3,39)21-6-4-5-19(17-21)24(31)32/h4-10,15-17,24,39H,11-14H2,1-3H3,(H2,33,34)(H,37,38). The maximum atomic E-state index is 13.2. The van der Waals surface area contributed by atoms with Crippen LogP contribution in [0.4, 0.5) is 14.6 Å². The first kappa shape index (κ1) is 26.7. The minimum atomic E-state index is -2.63. The highest BCUT2D eigenvalue weighted by atomic mass is 19.3. The number of aliphatic hydroxyl groups is 1. The van der Waals surface area contributed by atoms with Crippen molar-refractivity contribution in [3.63, 3.8) is 0 Å². The summed E-state index contributed by atoms with van der Waals surface area (Å²) in [5, 5.41) is 21.0. The number of carboxylic acid groups (broad SMARTS) is 1. The highest BCUT2D eigenvalue weighted by Gasteiger charge is 2.45. The Morgan fingerprint density at radius 2 is 1.74 bits per heavy atom. The van der Waals surface area contributed by atoms with Crippen LogP contribution in [0.1, 0.15) is 75.4 Å². The summed E-state index contributed by atoms with van der Waals surface area (Å²) in [5.41, 5.74) is 6.54. The van der Waals surface area contributed by atoms with Gasteiger partial charge in [-0.3, -0.25) is 9.20 Å². The van der Waals surface area contributed by atoms with Crippen LogP contribution in [0, 0.1) is 5.41 Å². The average molecular weight is 535 g/mol. The van der Waals surface area contributed by atoms with Crippen LogP contribution >= 0.6 is 0 Å². The van der Waals surface area contributed by atoms with Crippen molar-refractivity contribution in [3.8, 4) is 11.3 Å². The first-order valence-electron chi connectivity index (χ1n) is 12.9. The van der Waals surface area contributed by atoms with Crippen molar-refractivity contribution in [3.05, 3.63) is 83.4 Å². The smallest absolute Gasteiger partial charge is 0.309 e. The SMILES string of the molecule is CC1(C(=O)O)CCC(C)(c2nc(-c3ccc(C(C)(O)c4cccc(C(F)F)c4)cc3)c3c(N)nccn23)CC1. The summed E-state index contributed by atoms with van der Waals surface area (Å²) in [6, 6.07) is 12.9. The third-order valence-electron chi connectivity index (χ3n) is 8.52. The zero-order chi connectivity index (χ0) is 28.2. The number of aromatic nitrogens is 3. The monoisotopic (exact) mass is 534 g/mol.